The van der Waals surface area contributed by atoms with E-state index in [1.54, 1.807) is 6.08 Å². The van der Waals surface area contributed by atoms with Crippen LogP contribution in [0.25, 0.3) is 0 Å². The van der Waals surface area contributed by atoms with Crippen molar-refractivity contribution in [2.75, 3.05) is 33.2 Å². The Morgan fingerprint density at radius 2 is 1.78 bits per heavy atom. The summed E-state index contributed by atoms with van der Waals surface area (Å²) in [6, 6.07) is 7.44. The Bertz CT molecular complexity index is 434. The van der Waals surface area contributed by atoms with E-state index in [-0.39, 0.29) is 5.78 Å². The minimum atomic E-state index is 0.0569. The highest BCUT2D eigenvalue weighted by Crippen LogP contribution is 2.11. The number of hydrogen-bond acceptors (Lipinski definition) is 3. The molecular formula is C14H17BrN2O. The standard InChI is InChI=1S/C14H17BrN2O/c1-16-8-10-17(11-9-16)7-6-14(18)12-2-4-13(15)5-3-12/h2-7H,8-11H2,1H3/b7-6+. The van der Waals surface area contributed by atoms with Crippen molar-refractivity contribution >= 4 is 21.7 Å². The van der Waals surface area contributed by atoms with Gasteiger partial charge < -0.3 is 9.80 Å². The third-order valence-corrected chi connectivity index (χ3v) is 3.63. The molecule has 1 heterocycles. The van der Waals surface area contributed by atoms with Crippen molar-refractivity contribution in [2.45, 2.75) is 0 Å². The number of piperazine rings is 1. The molecule has 0 amide bonds. The van der Waals surface area contributed by atoms with Gasteiger partial charge in [-0.2, -0.15) is 0 Å². The molecule has 1 aromatic carbocycles. The van der Waals surface area contributed by atoms with E-state index in [9.17, 15) is 4.79 Å². The molecule has 18 heavy (non-hydrogen) atoms. The van der Waals surface area contributed by atoms with E-state index >= 15 is 0 Å². The average molecular weight is 309 g/mol. The zero-order chi connectivity index (χ0) is 13.0. The van der Waals surface area contributed by atoms with Gasteiger partial charge in [-0.05, 0) is 31.3 Å². The van der Waals surface area contributed by atoms with Crippen molar-refractivity contribution < 1.29 is 4.79 Å². The van der Waals surface area contributed by atoms with Gasteiger partial charge in [0.25, 0.3) is 0 Å². The molecule has 0 aliphatic carbocycles. The van der Waals surface area contributed by atoms with Gasteiger partial charge in [0.2, 0.25) is 0 Å². The summed E-state index contributed by atoms with van der Waals surface area (Å²) in [4.78, 5) is 16.4. The number of ketones is 1. The fraction of sp³-hybridized carbons (Fsp3) is 0.357. The average Bonchev–Trinajstić information content (AvgIpc) is 2.38. The maximum atomic E-state index is 11.9. The predicted octanol–water partition coefficient (Wildman–Crippen LogP) is 2.39. The van der Waals surface area contributed by atoms with Gasteiger partial charge in [0.1, 0.15) is 0 Å². The number of carbonyl (C=O) groups excluding carboxylic acids is 1. The SMILES string of the molecule is CN1CCN(/C=C/C(=O)c2ccc(Br)cc2)CC1. The molecule has 0 radical (unpaired) electrons. The molecular weight excluding hydrogens is 292 g/mol. The van der Waals surface area contributed by atoms with Crippen LogP contribution in [-0.4, -0.2) is 48.8 Å². The fourth-order valence-corrected chi connectivity index (χ4v) is 2.12. The summed E-state index contributed by atoms with van der Waals surface area (Å²) in [5.41, 5.74) is 0.726. The highest BCUT2D eigenvalue weighted by molar-refractivity contribution is 9.10. The van der Waals surface area contributed by atoms with Crippen LogP contribution in [0.3, 0.4) is 0 Å². The first-order valence-electron chi connectivity index (χ1n) is 6.06. The second-order valence-electron chi connectivity index (χ2n) is 4.53. The first kappa shape index (κ1) is 13.3. The molecule has 1 aliphatic heterocycles. The molecule has 0 spiro atoms. The van der Waals surface area contributed by atoms with Crippen molar-refractivity contribution in [3.63, 3.8) is 0 Å². The van der Waals surface area contributed by atoms with E-state index in [4.69, 9.17) is 0 Å². The van der Waals surface area contributed by atoms with Gasteiger partial charge in [-0.15, -0.1) is 0 Å². The van der Waals surface area contributed by atoms with Gasteiger partial charge in [0, 0.05) is 48.5 Å². The zero-order valence-electron chi connectivity index (χ0n) is 10.5. The molecule has 1 aliphatic rings. The molecule has 4 heteroatoms. The normalized spacial score (nSPS) is 17.3. The van der Waals surface area contributed by atoms with Crippen molar-refractivity contribution in [1.82, 2.24) is 9.80 Å². The molecule has 0 saturated carbocycles. The summed E-state index contributed by atoms with van der Waals surface area (Å²) in [5.74, 6) is 0.0569. The zero-order valence-corrected chi connectivity index (χ0v) is 12.1. The highest BCUT2D eigenvalue weighted by Gasteiger charge is 2.10. The number of hydrogen-bond donors (Lipinski definition) is 0. The molecule has 0 bridgehead atoms. The van der Waals surface area contributed by atoms with Crippen molar-refractivity contribution in [3.05, 3.63) is 46.6 Å². The summed E-state index contributed by atoms with van der Waals surface area (Å²) in [6.45, 7) is 4.08. The Hall–Kier alpha value is -1.13. The number of nitrogens with zero attached hydrogens (tertiary/aromatic N) is 2. The largest absolute Gasteiger partial charge is 0.375 e. The van der Waals surface area contributed by atoms with Crippen molar-refractivity contribution in [1.29, 1.82) is 0 Å². The molecule has 96 valence electrons. The second-order valence-corrected chi connectivity index (χ2v) is 5.44. The van der Waals surface area contributed by atoms with Crippen LogP contribution in [0, 0.1) is 0 Å². The van der Waals surface area contributed by atoms with E-state index in [1.807, 2.05) is 30.5 Å². The van der Waals surface area contributed by atoms with E-state index in [0.29, 0.717) is 0 Å². The molecule has 3 nitrogen and oxygen atoms in total. The lowest BCUT2D eigenvalue weighted by atomic mass is 10.1. The lowest BCUT2D eigenvalue weighted by Crippen LogP contribution is -2.41. The van der Waals surface area contributed by atoms with Crippen molar-refractivity contribution in [2.24, 2.45) is 0 Å². The number of carbonyl (C=O) groups is 1. The van der Waals surface area contributed by atoms with Gasteiger partial charge in [0.05, 0.1) is 0 Å². The fourth-order valence-electron chi connectivity index (χ4n) is 1.85. The summed E-state index contributed by atoms with van der Waals surface area (Å²) in [6.07, 6.45) is 3.58. The van der Waals surface area contributed by atoms with Gasteiger partial charge in [-0.25, -0.2) is 0 Å². The predicted molar refractivity (Wildman–Crippen MR) is 76.7 cm³/mol. The number of likely N-dealkylation sites (N-methyl/N-ethyl adjacent to an activating group) is 1. The van der Waals surface area contributed by atoms with Crippen LogP contribution in [0.1, 0.15) is 10.4 Å². The molecule has 2 rings (SSSR count). The van der Waals surface area contributed by atoms with Crippen LogP contribution in [0.4, 0.5) is 0 Å². The Morgan fingerprint density at radius 1 is 1.17 bits per heavy atom. The number of benzene rings is 1. The van der Waals surface area contributed by atoms with Gasteiger partial charge >= 0.3 is 0 Å². The van der Waals surface area contributed by atoms with Gasteiger partial charge in [-0.3, -0.25) is 4.79 Å². The van der Waals surface area contributed by atoms with Crippen LogP contribution in [0.15, 0.2) is 41.0 Å². The maximum absolute atomic E-state index is 11.9. The minimum absolute atomic E-state index is 0.0569. The van der Waals surface area contributed by atoms with Gasteiger partial charge in [0.15, 0.2) is 5.78 Å². The second kappa shape index (κ2) is 6.16. The topological polar surface area (TPSA) is 23.6 Å². The Kier molecular flexibility index (Phi) is 4.55. The number of rotatable bonds is 3. The number of halogens is 1. The van der Waals surface area contributed by atoms with Crippen LogP contribution in [0.2, 0.25) is 0 Å². The van der Waals surface area contributed by atoms with E-state index in [2.05, 4.69) is 32.8 Å². The van der Waals surface area contributed by atoms with E-state index in [1.165, 1.54) is 0 Å². The number of allylic oxidation sites excluding steroid dienone is 1. The molecule has 1 fully saturated rings. The van der Waals surface area contributed by atoms with Crippen LogP contribution < -0.4 is 0 Å². The summed E-state index contributed by atoms with van der Waals surface area (Å²) >= 11 is 3.36. The smallest absolute Gasteiger partial charge is 0.187 e. The lowest BCUT2D eigenvalue weighted by Gasteiger charge is -2.31. The Balaban J connectivity index is 1.92. The minimum Gasteiger partial charge on any atom is -0.375 e. The molecule has 0 atom stereocenters. The Labute approximate surface area is 116 Å². The Morgan fingerprint density at radius 3 is 2.39 bits per heavy atom. The lowest BCUT2D eigenvalue weighted by molar-refractivity contribution is 0.104. The summed E-state index contributed by atoms with van der Waals surface area (Å²) in [7, 11) is 2.12. The first-order chi connectivity index (χ1) is 8.65. The summed E-state index contributed by atoms with van der Waals surface area (Å²) in [5, 5.41) is 0. The van der Waals surface area contributed by atoms with Crippen molar-refractivity contribution in [3.8, 4) is 0 Å². The third-order valence-electron chi connectivity index (χ3n) is 3.10. The van der Waals surface area contributed by atoms with Crippen LogP contribution in [-0.2, 0) is 0 Å². The molecule has 1 aromatic rings. The maximum Gasteiger partial charge on any atom is 0.187 e. The van der Waals surface area contributed by atoms with Gasteiger partial charge in [-0.1, -0.05) is 15.9 Å². The molecule has 0 aromatic heterocycles. The van der Waals surface area contributed by atoms with E-state index < -0.39 is 0 Å². The first-order valence-corrected chi connectivity index (χ1v) is 6.85. The molecule has 0 unspecified atom stereocenters. The van der Waals surface area contributed by atoms with Crippen LogP contribution >= 0.6 is 15.9 Å². The quantitative estimate of drug-likeness (QED) is 0.633. The summed E-state index contributed by atoms with van der Waals surface area (Å²) < 4.78 is 0.988. The monoisotopic (exact) mass is 308 g/mol. The third kappa shape index (κ3) is 3.68. The molecule has 0 N–H and O–H groups in total. The van der Waals surface area contributed by atoms with E-state index in [0.717, 1.165) is 36.2 Å². The molecule has 1 saturated heterocycles. The highest BCUT2D eigenvalue weighted by atomic mass is 79.9. The van der Waals surface area contributed by atoms with Crippen LogP contribution in [0.5, 0.6) is 0 Å².